The number of urea groups is 1. The van der Waals surface area contributed by atoms with Gasteiger partial charge in [0.1, 0.15) is 17.9 Å². The van der Waals surface area contributed by atoms with Crippen LogP contribution in [0.15, 0.2) is 66.7 Å². The van der Waals surface area contributed by atoms with Gasteiger partial charge in [-0.25, -0.2) is 14.6 Å². The number of primary amides is 1. The number of nitrogens with one attached hydrogen (secondary N) is 4. The molecule has 0 heterocycles. The number of carbonyl (C=O) groups excluding carboxylic acids is 4. The van der Waals surface area contributed by atoms with Gasteiger partial charge in [0.05, 0.1) is 6.04 Å². The molecule has 0 saturated heterocycles. The number of carbonyl (C=O) groups is 4. The molecule has 5 amide bonds. The molecule has 0 saturated carbocycles. The van der Waals surface area contributed by atoms with Crippen LogP contribution < -0.4 is 33.0 Å². The molecule has 8 N–H and O–H groups in total. The second-order valence-corrected chi connectivity index (χ2v) is 8.84. The van der Waals surface area contributed by atoms with Gasteiger partial charge in [-0.2, -0.15) is 0 Å². The van der Waals surface area contributed by atoms with Crippen molar-refractivity contribution in [1.82, 2.24) is 21.5 Å². The first kappa shape index (κ1) is 28.1. The molecule has 38 heavy (non-hydrogen) atoms. The predicted octanol–water partition coefficient (Wildman–Crippen LogP) is 1.17. The Morgan fingerprint density at radius 2 is 1.47 bits per heavy atom. The number of fused-ring (bicyclic) bond motifs is 1. The lowest BCUT2D eigenvalue weighted by Crippen LogP contribution is -2.58. The highest BCUT2D eigenvalue weighted by Gasteiger charge is 2.27. The van der Waals surface area contributed by atoms with Crippen molar-refractivity contribution in [3.8, 4) is 0 Å². The van der Waals surface area contributed by atoms with E-state index in [1.807, 2.05) is 42.5 Å². The van der Waals surface area contributed by atoms with Crippen LogP contribution in [0, 0.1) is 5.82 Å². The Morgan fingerprint density at radius 3 is 2.16 bits per heavy atom. The highest BCUT2D eigenvalue weighted by molar-refractivity contribution is 5.92. The van der Waals surface area contributed by atoms with Crippen LogP contribution in [0.2, 0.25) is 0 Å². The van der Waals surface area contributed by atoms with Gasteiger partial charge in [-0.15, -0.1) is 0 Å². The smallest absolute Gasteiger partial charge is 0.334 e. The monoisotopic (exact) mass is 522 g/mol. The SMILES string of the molecule is CC[C@H](N)C(=O)NNC(=O)N[C@@H](Cc1ccc2ccccc2c1)C(=O)N[C@@H](Cc1cccc(F)c1)C(N)=O. The minimum Gasteiger partial charge on any atom is -0.368 e. The first-order valence-corrected chi connectivity index (χ1v) is 12.1. The molecule has 0 unspecified atom stereocenters. The number of nitrogens with two attached hydrogens (primary N) is 2. The molecule has 0 aliphatic heterocycles. The van der Waals surface area contributed by atoms with E-state index in [2.05, 4.69) is 21.5 Å². The van der Waals surface area contributed by atoms with Crippen molar-refractivity contribution in [3.05, 3.63) is 83.7 Å². The van der Waals surface area contributed by atoms with E-state index in [0.29, 0.717) is 12.0 Å². The van der Waals surface area contributed by atoms with Gasteiger partial charge in [-0.05, 0) is 40.5 Å². The summed E-state index contributed by atoms with van der Waals surface area (Å²) in [5.41, 5.74) is 16.7. The highest BCUT2D eigenvalue weighted by atomic mass is 19.1. The summed E-state index contributed by atoms with van der Waals surface area (Å²) in [6, 6.07) is 14.9. The lowest BCUT2D eigenvalue weighted by molar-refractivity contribution is -0.128. The number of hydrogen-bond donors (Lipinski definition) is 6. The van der Waals surface area contributed by atoms with E-state index < -0.39 is 47.7 Å². The Hall–Kier alpha value is -4.51. The molecule has 11 heteroatoms. The molecule has 200 valence electrons. The topological polar surface area (TPSA) is 168 Å². The van der Waals surface area contributed by atoms with Gasteiger partial charge in [0.15, 0.2) is 0 Å². The molecule has 3 aromatic carbocycles. The Bertz CT molecular complexity index is 1320. The van der Waals surface area contributed by atoms with Crippen LogP contribution in [-0.2, 0) is 27.2 Å². The van der Waals surface area contributed by atoms with E-state index >= 15 is 0 Å². The second-order valence-electron chi connectivity index (χ2n) is 8.84. The summed E-state index contributed by atoms with van der Waals surface area (Å²) in [4.78, 5) is 49.8. The number of amides is 5. The third-order valence-corrected chi connectivity index (χ3v) is 5.94. The fourth-order valence-corrected chi connectivity index (χ4v) is 3.80. The lowest BCUT2D eigenvalue weighted by atomic mass is 10.00. The van der Waals surface area contributed by atoms with Gasteiger partial charge < -0.3 is 22.1 Å². The van der Waals surface area contributed by atoms with Crippen LogP contribution in [0.1, 0.15) is 24.5 Å². The maximum atomic E-state index is 13.6. The van der Waals surface area contributed by atoms with Crippen molar-refractivity contribution in [2.75, 3.05) is 0 Å². The standard InChI is InChI=1S/C27H31FN6O4/c1-2-21(29)25(36)33-34-27(38)32-23(15-17-10-11-18-7-3-4-8-19(18)12-17)26(37)31-22(24(30)35)14-16-6-5-9-20(28)13-16/h3-13,21-23H,2,14-15,29H2,1H3,(H2,30,35)(H,31,37)(H,33,36)(H2,32,34,38)/t21-,22-,23-/m0/s1. The van der Waals surface area contributed by atoms with Gasteiger partial charge in [0.25, 0.3) is 5.91 Å². The fraction of sp³-hybridized carbons (Fsp3) is 0.259. The van der Waals surface area contributed by atoms with Gasteiger partial charge in [-0.3, -0.25) is 19.8 Å². The quantitative estimate of drug-likeness (QED) is 0.219. The summed E-state index contributed by atoms with van der Waals surface area (Å²) in [7, 11) is 0. The van der Waals surface area contributed by atoms with Crippen molar-refractivity contribution in [1.29, 1.82) is 0 Å². The molecule has 0 aliphatic rings. The summed E-state index contributed by atoms with van der Waals surface area (Å²) < 4.78 is 13.6. The molecule has 3 rings (SSSR count). The first-order chi connectivity index (χ1) is 18.2. The van der Waals surface area contributed by atoms with Crippen LogP contribution in [0.4, 0.5) is 9.18 Å². The molecule has 0 fully saturated rings. The van der Waals surface area contributed by atoms with E-state index in [0.717, 1.165) is 16.3 Å². The third kappa shape index (κ3) is 8.00. The molecule has 3 atom stereocenters. The van der Waals surface area contributed by atoms with Gasteiger partial charge in [0, 0.05) is 12.8 Å². The van der Waals surface area contributed by atoms with E-state index in [1.54, 1.807) is 13.0 Å². The average Bonchev–Trinajstić information content (AvgIpc) is 2.90. The molecule has 0 aromatic heterocycles. The van der Waals surface area contributed by atoms with Gasteiger partial charge >= 0.3 is 6.03 Å². The number of hydrazine groups is 1. The summed E-state index contributed by atoms with van der Waals surface area (Å²) in [6.45, 7) is 1.72. The maximum absolute atomic E-state index is 13.6. The molecule has 10 nitrogen and oxygen atoms in total. The average molecular weight is 523 g/mol. The van der Waals surface area contributed by atoms with E-state index in [9.17, 15) is 23.6 Å². The maximum Gasteiger partial charge on any atom is 0.334 e. The minimum absolute atomic E-state index is 0.0430. The number of rotatable bonds is 10. The van der Waals surface area contributed by atoms with Crippen molar-refractivity contribution < 1.29 is 23.6 Å². The Morgan fingerprint density at radius 1 is 0.789 bits per heavy atom. The Balaban J connectivity index is 1.77. The third-order valence-electron chi connectivity index (χ3n) is 5.94. The van der Waals surface area contributed by atoms with Crippen LogP contribution in [0.5, 0.6) is 0 Å². The van der Waals surface area contributed by atoms with Crippen LogP contribution in [0.3, 0.4) is 0 Å². The normalized spacial score (nSPS) is 13.1. The van der Waals surface area contributed by atoms with E-state index in [4.69, 9.17) is 11.5 Å². The van der Waals surface area contributed by atoms with Crippen molar-refractivity contribution in [3.63, 3.8) is 0 Å². The first-order valence-electron chi connectivity index (χ1n) is 12.1. The second kappa shape index (κ2) is 13.2. The molecule has 0 spiro atoms. The minimum atomic E-state index is -1.16. The summed E-state index contributed by atoms with van der Waals surface area (Å²) in [6.07, 6.45) is 0.387. The number of halogens is 1. The van der Waals surface area contributed by atoms with Crippen LogP contribution in [0.25, 0.3) is 10.8 Å². The molecule has 0 radical (unpaired) electrons. The molecule has 0 bridgehead atoms. The largest absolute Gasteiger partial charge is 0.368 e. The summed E-state index contributed by atoms with van der Waals surface area (Å²) in [5, 5.41) is 7.01. The van der Waals surface area contributed by atoms with Crippen LogP contribution >= 0.6 is 0 Å². The van der Waals surface area contributed by atoms with Gasteiger partial charge in [-0.1, -0.05) is 61.5 Å². The fourth-order valence-electron chi connectivity index (χ4n) is 3.80. The molecule has 0 aliphatic carbocycles. The molecule has 3 aromatic rings. The zero-order valence-electron chi connectivity index (χ0n) is 20.9. The van der Waals surface area contributed by atoms with Crippen molar-refractivity contribution in [2.45, 2.75) is 44.3 Å². The Labute approximate surface area is 219 Å². The number of hydrogen-bond acceptors (Lipinski definition) is 5. The zero-order valence-corrected chi connectivity index (χ0v) is 20.9. The molecular formula is C27H31FN6O4. The van der Waals surface area contributed by atoms with Crippen molar-refractivity contribution in [2.24, 2.45) is 11.5 Å². The van der Waals surface area contributed by atoms with E-state index in [1.165, 1.54) is 18.2 Å². The zero-order chi connectivity index (χ0) is 27.7. The number of benzene rings is 3. The summed E-state index contributed by atoms with van der Waals surface area (Å²) in [5.74, 6) is -2.60. The highest BCUT2D eigenvalue weighted by Crippen LogP contribution is 2.17. The Kier molecular flexibility index (Phi) is 9.72. The van der Waals surface area contributed by atoms with Crippen LogP contribution in [-0.4, -0.2) is 41.9 Å². The predicted molar refractivity (Wildman–Crippen MR) is 141 cm³/mol. The van der Waals surface area contributed by atoms with Crippen molar-refractivity contribution >= 4 is 34.5 Å². The summed E-state index contributed by atoms with van der Waals surface area (Å²) >= 11 is 0. The van der Waals surface area contributed by atoms with Gasteiger partial charge in [0.2, 0.25) is 11.8 Å². The lowest BCUT2D eigenvalue weighted by Gasteiger charge is -2.23. The van der Waals surface area contributed by atoms with E-state index in [-0.39, 0.29) is 12.8 Å². The molecular weight excluding hydrogens is 491 g/mol.